The lowest BCUT2D eigenvalue weighted by atomic mass is 10.2. The molecule has 1 aromatic rings. The molecule has 15 heavy (non-hydrogen) atoms. The number of anilines is 1. The second kappa shape index (κ2) is 3.26. The van der Waals surface area contributed by atoms with Gasteiger partial charge in [0.1, 0.15) is 0 Å². The highest BCUT2D eigenvalue weighted by Gasteiger charge is 2.46. The maximum atomic E-state index is 4.53. The molecule has 1 aliphatic rings. The number of hydrogen-bond donors (Lipinski definition) is 1. The molecular formula is C12H21N3. The van der Waals surface area contributed by atoms with E-state index in [2.05, 4.69) is 48.8 Å². The van der Waals surface area contributed by atoms with Gasteiger partial charge in [0.2, 0.25) is 5.95 Å². The summed E-state index contributed by atoms with van der Waals surface area (Å²) in [6, 6.07) is 1.06. The molecule has 2 rings (SSSR count). The van der Waals surface area contributed by atoms with E-state index in [1.165, 1.54) is 6.42 Å². The quantitative estimate of drug-likeness (QED) is 0.825. The van der Waals surface area contributed by atoms with E-state index in [9.17, 15) is 0 Å². The van der Waals surface area contributed by atoms with Crippen LogP contribution in [0.15, 0.2) is 6.20 Å². The summed E-state index contributed by atoms with van der Waals surface area (Å²) in [4.78, 5) is 4.53. The fraction of sp³-hybridized carbons (Fsp3) is 0.750. The molecule has 1 fully saturated rings. The highest BCUT2D eigenvalue weighted by atomic mass is 15.2. The molecule has 0 amide bonds. The summed E-state index contributed by atoms with van der Waals surface area (Å²) in [6.07, 6.45) is 3.36. The Labute approximate surface area is 91.9 Å². The summed E-state index contributed by atoms with van der Waals surface area (Å²) < 4.78 is 2.21. The Morgan fingerprint density at radius 2 is 2.13 bits per heavy atom. The van der Waals surface area contributed by atoms with Crippen molar-refractivity contribution in [2.75, 3.05) is 5.32 Å². The average molecular weight is 207 g/mol. The van der Waals surface area contributed by atoms with Crippen LogP contribution >= 0.6 is 0 Å². The molecule has 1 aliphatic carbocycles. The molecular weight excluding hydrogens is 186 g/mol. The second-order valence-electron chi connectivity index (χ2n) is 5.60. The average Bonchev–Trinajstić information content (AvgIpc) is 2.55. The molecule has 84 valence electrons. The minimum Gasteiger partial charge on any atom is -0.352 e. The summed E-state index contributed by atoms with van der Waals surface area (Å²) >= 11 is 0. The monoisotopic (exact) mass is 207 g/mol. The van der Waals surface area contributed by atoms with Crippen LogP contribution in [-0.4, -0.2) is 15.6 Å². The van der Waals surface area contributed by atoms with Gasteiger partial charge in [-0.3, -0.25) is 0 Å². The number of aryl methyl sites for hydroxylation is 1. The van der Waals surface area contributed by atoms with Gasteiger partial charge in [-0.25, -0.2) is 4.98 Å². The van der Waals surface area contributed by atoms with Crippen LogP contribution in [0.5, 0.6) is 0 Å². The lowest BCUT2D eigenvalue weighted by molar-refractivity contribution is 0.592. The lowest BCUT2D eigenvalue weighted by Gasteiger charge is -2.13. The number of nitrogens with zero attached hydrogens (tertiary/aromatic N) is 2. The molecule has 0 bridgehead atoms. The van der Waals surface area contributed by atoms with Gasteiger partial charge in [0.15, 0.2) is 0 Å². The van der Waals surface area contributed by atoms with E-state index in [0.717, 1.165) is 11.6 Å². The van der Waals surface area contributed by atoms with Gasteiger partial charge in [-0.05, 0) is 32.6 Å². The first-order chi connectivity index (χ1) is 6.90. The van der Waals surface area contributed by atoms with Gasteiger partial charge in [0.25, 0.3) is 0 Å². The molecule has 0 spiro atoms. The van der Waals surface area contributed by atoms with E-state index < -0.39 is 0 Å². The van der Waals surface area contributed by atoms with Crippen molar-refractivity contribution in [1.29, 1.82) is 0 Å². The Hall–Kier alpha value is -0.990. The minimum atomic E-state index is 0.446. The van der Waals surface area contributed by atoms with Gasteiger partial charge in [0.05, 0.1) is 5.69 Å². The van der Waals surface area contributed by atoms with Crippen molar-refractivity contribution in [3.8, 4) is 0 Å². The molecule has 3 heteroatoms. The molecule has 1 heterocycles. The van der Waals surface area contributed by atoms with Gasteiger partial charge in [-0.15, -0.1) is 0 Å². The highest BCUT2D eigenvalue weighted by Crippen LogP contribution is 2.46. The molecule has 1 unspecified atom stereocenters. The molecule has 1 aromatic heterocycles. The molecule has 0 saturated heterocycles. The first-order valence-corrected chi connectivity index (χ1v) is 5.72. The van der Waals surface area contributed by atoms with Crippen LogP contribution in [0, 0.1) is 12.3 Å². The standard InChI is InChI=1S/C12H21N3/c1-8(2)15-7-9(3)13-11(15)14-10-6-12(10,4)5/h7-8,10H,6H2,1-5H3,(H,13,14). The number of rotatable bonds is 3. The fourth-order valence-corrected chi connectivity index (χ4v) is 1.89. The maximum absolute atomic E-state index is 4.53. The largest absolute Gasteiger partial charge is 0.352 e. The molecule has 0 aromatic carbocycles. The zero-order valence-electron chi connectivity index (χ0n) is 10.3. The zero-order valence-corrected chi connectivity index (χ0v) is 10.3. The molecule has 1 atom stereocenters. The van der Waals surface area contributed by atoms with Gasteiger partial charge in [0, 0.05) is 18.3 Å². The Morgan fingerprint density at radius 1 is 1.53 bits per heavy atom. The zero-order chi connectivity index (χ0) is 11.2. The van der Waals surface area contributed by atoms with Gasteiger partial charge >= 0.3 is 0 Å². The Kier molecular flexibility index (Phi) is 2.28. The van der Waals surface area contributed by atoms with Crippen molar-refractivity contribution in [3.63, 3.8) is 0 Å². The lowest BCUT2D eigenvalue weighted by Crippen LogP contribution is -2.14. The van der Waals surface area contributed by atoms with E-state index in [1.807, 2.05) is 6.92 Å². The SMILES string of the molecule is Cc1cn(C(C)C)c(NC2CC2(C)C)n1. The Morgan fingerprint density at radius 3 is 2.60 bits per heavy atom. The summed E-state index contributed by atoms with van der Waals surface area (Å²) in [7, 11) is 0. The smallest absolute Gasteiger partial charge is 0.203 e. The number of imidazole rings is 1. The number of nitrogens with one attached hydrogen (secondary N) is 1. The van der Waals surface area contributed by atoms with Crippen LogP contribution in [0.1, 0.15) is 45.9 Å². The van der Waals surface area contributed by atoms with Crippen molar-refractivity contribution in [2.24, 2.45) is 5.41 Å². The summed E-state index contributed by atoms with van der Waals surface area (Å²) in [5.74, 6) is 1.03. The molecule has 1 saturated carbocycles. The van der Waals surface area contributed by atoms with Crippen molar-refractivity contribution in [3.05, 3.63) is 11.9 Å². The van der Waals surface area contributed by atoms with Crippen LogP contribution in [-0.2, 0) is 0 Å². The molecule has 0 aliphatic heterocycles. The molecule has 1 N–H and O–H groups in total. The molecule has 3 nitrogen and oxygen atoms in total. The van der Waals surface area contributed by atoms with Crippen LogP contribution in [0.25, 0.3) is 0 Å². The third-order valence-electron chi connectivity index (χ3n) is 3.23. The third kappa shape index (κ3) is 2.01. The van der Waals surface area contributed by atoms with Crippen LogP contribution in [0.3, 0.4) is 0 Å². The summed E-state index contributed by atoms with van der Waals surface area (Å²) in [5.41, 5.74) is 1.53. The van der Waals surface area contributed by atoms with Gasteiger partial charge in [-0.1, -0.05) is 13.8 Å². The van der Waals surface area contributed by atoms with Crippen molar-refractivity contribution >= 4 is 5.95 Å². The number of aromatic nitrogens is 2. The van der Waals surface area contributed by atoms with Crippen molar-refractivity contribution < 1.29 is 0 Å². The van der Waals surface area contributed by atoms with Crippen LogP contribution < -0.4 is 5.32 Å². The van der Waals surface area contributed by atoms with E-state index in [1.54, 1.807) is 0 Å². The first kappa shape index (κ1) is 10.5. The first-order valence-electron chi connectivity index (χ1n) is 5.72. The number of hydrogen-bond acceptors (Lipinski definition) is 2. The van der Waals surface area contributed by atoms with E-state index in [-0.39, 0.29) is 0 Å². The predicted octanol–water partition coefficient (Wildman–Crippen LogP) is 2.98. The normalized spacial score (nSPS) is 23.2. The Balaban J connectivity index is 2.14. The molecule has 0 radical (unpaired) electrons. The fourth-order valence-electron chi connectivity index (χ4n) is 1.89. The van der Waals surface area contributed by atoms with Gasteiger partial charge < -0.3 is 9.88 Å². The van der Waals surface area contributed by atoms with Crippen molar-refractivity contribution in [2.45, 2.75) is 53.1 Å². The predicted molar refractivity (Wildman–Crippen MR) is 63.2 cm³/mol. The van der Waals surface area contributed by atoms with Crippen LogP contribution in [0.4, 0.5) is 5.95 Å². The maximum Gasteiger partial charge on any atom is 0.203 e. The summed E-state index contributed by atoms with van der Waals surface area (Å²) in [5, 5.41) is 3.53. The topological polar surface area (TPSA) is 29.9 Å². The van der Waals surface area contributed by atoms with E-state index in [4.69, 9.17) is 0 Å². The third-order valence-corrected chi connectivity index (χ3v) is 3.23. The van der Waals surface area contributed by atoms with E-state index in [0.29, 0.717) is 17.5 Å². The van der Waals surface area contributed by atoms with Gasteiger partial charge in [-0.2, -0.15) is 0 Å². The highest BCUT2D eigenvalue weighted by molar-refractivity contribution is 5.34. The van der Waals surface area contributed by atoms with Crippen LogP contribution in [0.2, 0.25) is 0 Å². The Bertz CT molecular complexity index is 363. The van der Waals surface area contributed by atoms with E-state index >= 15 is 0 Å². The van der Waals surface area contributed by atoms with Crippen molar-refractivity contribution in [1.82, 2.24) is 9.55 Å². The summed E-state index contributed by atoms with van der Waals surface area (Å²) in [6.45, 7) is 11.0. The second-order valence-corrected chi connectivity index (χ2v) is 5.60. The minimum absolute atomic E-state index is 0.446.